The Kier molecular flexibility index (Phi) is 7.30. The van der Waals surface area contributed by atoms with Crippen molar-refractivity contribution in [1.82, 2.24) is 4.57 Å². The molecule has 2 heterocycles. The molecule has 0 fully saturated rings. The summed E-state index contributed by atoms with van der Waals surface area (Å²) in [5.41, 5.74) is 1.17. The number of nitro groups is 1. The predicted octanol–water partition coefficient (Wildman–Crippen LogP) is 3.56. The monoisotopic (exact) mass is 557 g/mol. The number of hydrogen-bond donors (Lipinski definition) is 1. The smallest absolute Gasteiger partial charge is 0.338 e. The maximum absolute atomic E-state index is 13.9. The first-order chi connectivity index (χ1) is 19.3. The molecule has 1 N–H and O–H groups in total. The summed E-state index contributed by atoms with van der Waals surface area (Å²) >= 11 is 1.04. The molecule has 1 aliphatic rings. The summed E-state index contributed by atoms with van der Waals surface area (Å²) < 4.78 is 12.4. The van der Waals surface area contributed by atoms with E-state index in [0.717, 1.165) is 11.3 Å². The van der Waals surface area contributed by atoms with Gasteiger partial charge >= 0.3 is 5.97 Å². The summed E-state index contributed by atoms with van der Waals surface area (Å²) in [6.45, 7) is 1.81. The standard InChI is InChI=1S/C29H23N3O7S/c1-3-39-28(35)24-25(17-8-5-4-6-9-17)30-29-31(26(24)18-10-7-11-21(15-18)38-2)27(34)23(40-29)16-19-14-20(32(36)37)12-13-22(19)33/h4-16,26,33H,3H2,1-2H3/b23-16-. The lowest BCUT2D eigenvalue weighted by molar-refractivity contribution is -0.384. The van der Waals surface area contributed by atoms with Crippen LogP contribution in [0.5, 0.6) is 11.5 Å². The van der Waals surface area contributed by atoms with Crippen LogP contribution in [0.1, 0.15) is 29.7 Å². The molecule has 202 valence electrons. The highest BCUT2D eigenvalue weighted by atomic mass is 32.1. The molecule has 0 saturated carbocycles. The van der Waals surface area contributed by atoms with E-state index in [-0.39, 0.29) is 33.7 Å². The van der Waals surface area contributed by atoms with Gasteiger partial charge in [-0.3, -0.25) is 19.5 Å². The average Bonchev–Trinajstić information content (AvgIpc) is 3.28. The summed E-state index contributed by atoms with van der Waals surface area (Å²) in [6, 6.07) is 18.8. The molecule has 4 aromatic rings. The van der Waals surface area contributed by atoms with Gasteiger partial charge in [0.15, 0.2) is 4.80 Å². The third-order valence-electron chi connectivity index (χ3n) is 6.29. The lowest BCUT2D eigenvalue weighted by Gasteiger charge is -2.26. The van der Waals surface area contributed by atoms with Crippen LogP contribution >= 0.6 is 11.3 Å². The van der Waals surface area contributed by atoms with Gasteiger partial charge in [-0.05, 0) is 36.8 Å². The first kappa shape index (κ1) is 26.6. The van der Waals surface area contributed by atoms with Gasteiger partial charge in [0.25, 0.3) is 11.2 Å². The second kappa shape index (κ2) is 11.0. The van der Waals surface area contributed by atoms with Crippen LogP contribution in [0.3, 0.4) is 0 Å². The van der Waals surface area contributed by atoms with Crippen molar-refractivity contribution in [1.29, 1.82) is 0 Å². The van der Waals surface area contributed by atoms with Crippen molar-refractivity contribution < 1.29 is 24.3 Å². The number of hydrogen-bond acceptors (Lipinski definition) is 9. The zero-order chi connectivity index (χ0) is 28.4. The largest absolute Gasteiger partial charge is 0.507 e. The molecule has 11 heteroatoms. The fraction of sp³-hybridized carbons (Fsp3) is 0.138. The second-order valence-corrected chi connectivity index (χ2v) is 9.72. The first-order valence-corrected chi connectivity index (χ1v) is 13.0. The molecular weight excluding hydrogens is 534 g/mol. The zero-order valence-electron chi connectivity index (χ0n) is 21.4. The van der Waals surface area contributed by atoms with Gasteiger partial charge in [-0.25, -0.2) is 9.79 Å². The Hall–Kier alpha value is -5.03. The number of carbonyl (C=O) groups excluding carboxylic acids is 1. The molecule has 1 unspecified atom stereocenters. The van der Waals surface area contributed by atoms with Gasteiger partial charge in [0, 0.05) is 23.3 Å². The molecule has 0 amide bonds. The summed E-state index contributed by atoms with van der Waals surface area (Å²) in [4.78, 5) is 43.2. The van der Waals surface area contributed by atoms with Crippen LogP contribution in [-0.2, 0) is 9.53 Å². The summed E-state index contributed by atoms with van der Waals surface area (Å²) in [5, 5.41) is 21.7. The maximum Gasteiger partial charge on any atom is 0.338 e. The number of phenols is 1. The number of non-ortho nitro benzene ring substituents is 1. The number of esters is 1. The van der Waals surface area contributed by atoms with E-state index in [4.69, 9.17) is 14.5 Å². The van der Waals surface area contributed by atoms with Gasteiger partial charge in [-0.15, -0.1) is 0 Å². The Bertz CT molecular complexity index is 1840. The Labute approximate surface area is 231 Å². The molecule has 3 aromatic carbocycles. The third-order valence-corrected chi connectivity index (χ3v) is 7.27. The van der Waals surface area contributed by atoms with E-state index in [1.54, 1.807) is 31.2 Å². The van der Waals surface area contributed by atoms with Crippen LogP contribution in [0.4, 0.5) is 5.69 Å². The number of ether oxygens (including phenoxy) is 2. The van der Waals surface area contributed by atoms with Crippen molar-refractivity contribution in [2.24, 2.45) is 4.99 Å². The van der Waals surface area contributed by atoms with Crippen molar-refractivity contribution in [3.05, 3.63) is 125 Å². The lowest BCUT2D eigenvalue weighted by atomic mass is 9.93. The fourth-order valence-electron chi connectivity index (χ4n) is 4.48. The lowest BCUT2D eigenvalue weighted by Crippen LogP contribution is -2.40. The van der Waals surface area contributed by atoms with Crippen LogP contribution in [-0.4, -0.2) is 34.3 Å². The van der Waals surface area contributed by atoms with Crippen molar-refractivity contribution in [2.75, 3.05) is 13.7 Å². The number of methoxy groups -OCH3 is 1. The van der Waals surface area contributed by atoms with E-state index in [1.807, 2.05) is 30.3 Å². The van der Waals surface area contributed by atoms with E-state index in [2.05, 4.69) is 0 Å². The molecule has 0 bridgehead atoms. The topological polar surface area (TPSA) is 133 Å². The van der Waals surface area contributed by atoms with E-state index in [0.29, 0.717) is 27.4 Å². The van der Waals surface area contributed by atoms with Crippen LogP contribution in [0.25, 0.3) is 11.8 Å². The number of carbonyl (C=O) groups is 1. The van der Waals surface area contributed by atoms with Gasteiger partial charge in [0.1, 0.15) is 11.5 Å². The van der Waals surface area contributed by atoms with Gasteiger partial charge in [-0.2, -0.15) is 0 Å². The molecule has 0 aliphatic carbocycles. The molecule has 0 radical (unpaired) electrons. The van der Waals surface area contributed by atoms with Crippen molar-refractivity contribution in [2.45, 2.75) is 13.0 Å². The second-order valence-electron chi connectivity index (χ2n) is 8.71. The normalized spacial score (nSPS) is 14.8. The Balaban J connectivity index is 1.84. The van der Waals surface area contributed by atoms with Gasteiger partial charge < -0.3 is 14.6 Å². The minimum atomic E-state index is -0.915. The minimum Gasteiger partial charge on any atom is -0.507 e. The number of benzene rings is 3. The van der Waals surface area contributed by atoms with Crippen molar-refractivity contribution >= 4 is 34.8 Å². The Morgan fingerprint density at radius 1 is 1.15 bits per heavy atom. The van der Waals surface area contributed by atoms with Crippen LogP contribution in [0, 0.1) is 10.1 Å². The highest BCUT2D eigenvalue weighted by Crippen LogP contribution is 2.36. The quantitative estimate of drug-likeness (QED) is 0.209. The number of nitrogens with zero attached hydrogens (tertiary/aromatic N) is 3. The van der Waals surface area contributed by atoms with Crippen molar-refractivity contribution in [3.63, 3.8) is 0 Å². The zero-order valence-corrected chi connectivity index (χ0v) is 22.3. The summed E-state index contributed by atoms with van der Waals surface area (Å²) in [5.74, 6) is -0.316. The van der Waals surface area contributed by atoms with Gasteiger partial charge in [0.2, 0.25) is 0 Å². The van der Waals surface area contributed by atoms with E-state index in [1.165, 1.54) is 36.0 Å². The number of aromatic nitrogens is 1. The minimum absolute atomic E-state index is 0.102. The van der Waals surface area contributed by atoms with E-state index in [9.17, 15) is 24.8 Å². The Morgan fingerprint density at radius 3 is 2.62 bits per heavy atom. The molecule has 10 nitrogen and oxygen atoms in total. The van der Waals surface area contributed by atoms with Crippen LogP contribution in [0.15, 0.2) is 88.2 Å². The number of thiazole rings is 1. The fourth-order valence-corrected chi connectivity index (χ4v) is 5.47. The summed E-state index contributed by atoms with van der Waals surface area (Å²) in [6.07, 6.45) is 1.38. The number of phenolic OH excluding ortho intramolecular Hbond substituents is 1. The average molecular weight is 558 g/mol. The third kappa shape index (κ3) is 4.90. The molecule has 40 heavy (non-hydrogen) atoms. The molecule has 0 saturated heterocycles. The van der Waals surface area contributed by atoms with Crippen LogP contribution in [0.2, 0.25) is 0 Å². The number of nitro benzene ring substituents is 1. The van der Waals surface area contributed by atoms with E-state index < -0.39 is 22.5 Å². The maximum atomic E-state index is 13.9. The number of aromatic hydroxyl groups is 1. The Morgan fingerprint density at radius 2 is 1.93 bits per heavy atom. The molecule has 0 spiro atoms. The number of rotatable bonds is 7. The highest BCUT2D eigenvalue weighted by molar-refractivity contribution is 7.07. The SMILES string of the molecule is CCOC(=O)C1=C(c2ccccc2)N=c2s/c(=C\c3cc([N+](=O)[O-])ccc3O)c(=O)n2C1c1cccc(OC)c1. The summed E-state index contributed by atoms with van der Waals surface area (Å²) in [7, 11) is 1.52. The predicted molar refractivity (Wildman–Crippen MR) is 149 cm³/mol. The molecule has 5 rings (SSSR count). The molecule has 1 aliphatic heterocycles. The van der Waals surface area contributed by atoms with Gasteiger partial charge in [0.05, 0.1) is 40.5 Å². The molecule has 1 atom stereocenters. The van der Waals surface area contributed by atoms with Crippen molar-refractivity contribution in [3.8, 4) is 11.5 Å². The molecule has 1 aromatic heterocycles. The van der Waals surface area contributed by atoms with Gasteiger partial charge in [-0.1, -0.05) is 53.8 Å². The molecular formula is C29H23N3O7S. The first-order valence-electron chi connectivity index (χ1n) is 12.2. The number of fused-ring (bicyclic) bond motifs is 1. The van der Waals surface area contributed by atoms with E-state index >= 15 is 0 Å². The highest BCUT2D eigenvalue weighted by Gasteiger charge is 2.35. The van der Waals surface area contributed by atoms with Crippen LogP contribution < -0.4 is 19.6 Å².